The smallest absolute Gasteiger partial charge is 0.101 e. The van der Waals surface area contributed by atoms with Crippen molar-refractivity contribution in [2.24, 2.45) is 0 Å². The van der Waals surface area contributed by atoms with Crippen LogP contribution in [0.15, 0.2) is 50.9 Å². The van der Waals surface area contributed by atoms with Gasteiger partial charge in [0, 0.05) is 15.6 Å². The van der Waals surface area contributed by atoms with Crippen molar-refractivity contribution >= 4 is 39.3 Å². The first-order valence-electron chi connectivity index (χ1n) is 4.68. The average Bonchev–Trinajstić information content (AvgIpc) is 2.32. The van der Waals surface area contributed by atoms with E-state index >= 15 is 0 Å². The van der Waals surface area contributed by atoms with Gasteiger partial charge in [0.1, 0.15) is 11.1 Å². The molecule has 0 bridgehead atoms. The molecule has 0 amide bonds. The zero-order valence-corrected chi connectivity index (χ0v) is 11.7. The zero-order chi connectivity index (χ0) is 12.3. The van der Waals surface area contributed by atoms with Crippen LogP contribution < -0.4 is 0 Å². The van der Waals surface area contributed by atoms with Crippen LogP contribution in [0, 0.1) is 11.3 Å². The van der Waals surface area contributed by atoms with Crippen LogP contribution in [0.25, 0.3) is 0 Å². The van der Waals surface area contributed by atoms with Crippen LogP contribution in [0.3, 0.4) is 0 Å². The Morgan fingerprint density at radius 2 is 2.12 bits per heavy atom. The molecule has 0 atom stereocenters. The molecule has 1 heterocycles. The second-order valence-corrected chi connectivity index (χ2v) is 5.58. The Labute approximate surface area is 117 Å². The number of halogens is 2. The average molecular weight is 326 g/mol. The molecule has 0 unspecified atom stereocenters. The minimum absolute atomic E-state index is 0.601. The van der Waals surface area contributed by atoms with E-state index in [1.165, 1.54) is 11.8 Å². The number of nitriles is 1. The minimum atomic E-state index is 0.601. The van der Waals surface area contributed by atoms with Gasteiger partial charge >= 0.3 is 0 Å². The number of pyridine rings is 1. The molecule has 0 saturated heterocycles. The maximum Gasteiger partial charge on any atom is 0.101 e. The predicted octanol–water partition coefficient (Wildman–Crippen LogP) is 4.52. The van der Waals surface area contributed by atoms with Gasteiger partial charge in [-0.15, -0.1) is 0 Å². The summed E-state index contributed by atoms with van der Waals surface area (Å²) in [5.74, 6) is 0. The molecule has 0 fully saturated rings. The van der Waals surface area contributed by atoms with E-state index in [1.54, 1.807) is 18.3 Å². The molecule has 0 spiro atoms. The van der Waals surface area contributed by atoms with Crippen LogP contribution in [-0.2, 0) is 0 Å². The van der Waals surface area contributed by atoms with Gasteiger partial charge in [-0.1, -0.05) is 39.3 Å². The molecular formula is C12H6BrClN2S. The second kappa shape index (κ2) is 5.54. The molecule has 84 valence electrons. The molecule has 2 nitrogen and oxygen atoms in total. The summed E-state index contributed by atoms with van der Waals surface area (Å²) in [7, 11) is 0. The summed E-state index contributed by atoms with van der Waals surface area (Å²) in [5, 5.41) is 10.4. The Morgan fingerprint density at radius 3 is 2.76 bits per heavy atom. The van der Waals surface area contributed by atoms with E-state index in [4.69, 9.17) is 16.9 Å². The van der Waals surface area contributed by atoms with E-state index in [-0.39, 0.29) is 0 Å². The van der Waals surface area contributed by atoms with Gasteiger partial charge in [0.25, 0.3) is 0 Å². The topological polar surface area (TPSA) is 36.7 Å². The van der Waals surface area contributed by atoms with Gasteiger partial charge in [-0.2, -0.15) is 5.26 Å². The Kier molecular flexibility index (Phi) is 4.06. The number of aromatic nitrogens is 1. The van der Waals surface area contributed by atoms with Crippen LogP contribution in [-0.4, -0.2) is 4.98 Å². The molecule has 0 saturated carbocycles. The number of nitrogens with zero attached hydrogens (tertiary/aromatic N) is 2. The molecule has 2 rings (SSSR count). The molecule has 0 radical (unpaired) electrons. The molecule has 1 aromatic carbocycles. The molecule has 0 aliphatic carbocycles. The summed E-state index contributed by atoms with van der Waals surface area (Å²) in [4.78, 5) is 5.06. The Morgan fingerprint density at radius 1 is 1.29 bits per heavy atom. The maximum absolute atomic E-state index is 9.01. The van der Waals surface area contributed by atoms with E-state index in [1.807, 2.05) is 18.2 Å². The second-order valence-electron chi connectivity index (χ2n) is 3.17. The number of hydrogen-bond acceptors (Lipinski definition) is 3. The molecule has 2 aromatic rings. The first kappa shape index (κ1) is 12.4. The lowest BCUT2D eigenvalue weighted by Crippen LogP contribution is -1.83. The third kappa shape index (κ3) is 3.22. The fourth-order valence-corrected chi connectivity index (χ4v) is 2.71. The highest BCUT2D eigenvalue weighted by Gasteiger charge is 2.05. The van der Waals surface area contributed by atoms with Crippen LogP contribution in [0.1, 0.15) is 5.56 Å². The highest BCUT2D eigenvalue weighted by molar-refractivity contribution is 9.10. The molecular weight excluding hydrogens is 320 g/mol. The van der Waals surface area contributed by atoms with Crippen molar-refractivity contribution in [2.45, 2.75) is 9.92 Å². The highest BCUT2D eigenvalue weighted by atomic mass is 79.9. The minimum Gasteiger partial charge on any atom is -0.248 e. The van der Waals surface area contributed by atoms with Gasteiger partial charge in [-0.3, -0.25) is 0 Å². The van der Waals surface area contributed by atoms with Crippen molar-refractivity contribution in [2.75, 3.05) is 0 Å². The quantitative estimate of drug-likeness (QED) is 0.814. The highest BCUT2D eigenvalue weighted by Crippen LogP contribution is 2.31. The fraction of sp³-hybridized carbons (Fsp3) is 0. The number of benzene rings is 1. The Balaban J connectivity index is 2.32. The van der Waals surface area contributed by atoms with Crippen molar-refractivity contribution < 1.29 is 0 Å². The van der Waals surface area contributed by atoms with Crippen LogP contribution in [0.5, 0.6) is 0 Å². The van der Waals surface area contributed by atoms with Crippen molar-refractivity contribution in [1.82, 2.24) is 4.98 Å². The molecule has 0 aliphatic heterocycles. The van der Waals surface area contributed by atoms with E-state index in [9.17, 15) is 0 Å². The fourth-order valence-electron chi connectivity index (χ4n) is 1.21. The van der Waals surface area contributed by atoms with Crippen molar-refractivity contribution in [3.63, 3.8) is 0 Å². The monoisotopic (exact) mass is 324 g/mol. The van der Waals surface area contributed by atoms with Gasteiger partial charge in [0.05, 0.1) is 10.6 Å². The summed E-state index contributed by atoms with van der Waals surface area (Å²) < 4.78 is 0.938. The predicted molar refractivity (Wildman–Crippen MR) is 72.2 cm³/mol. The van der Waals surface area contributed by atoms with Gasteiger partial charge in [-0.25, -0.2) is 4.98 Å². The largest absolute Gasteiger partial charge is 0.248 e. The van der Waals surface area contributed by atoms with Crippen LogP contribution in [0.2, 0.25) is 5.02 Å². The standard InChI is InChI=1S/C12H6BrClN2S/c13-9-2-1-8(6-15)11(5-9)17-12-4-3-10(14)7-16-12/h1-5,7H. The van der Waals surface area contributed by atoms with Crippen molar-refractivity contribution in [1.29, 1.82) is 5.26 Å². The maximum atomic E-state index is 9.01. The van der Waals surface area contributed by atoms with Gasteiger partial charge in [0.15, 0.2) is 0 Å². The Hall–Kier alpha value is -1.02. The first-order chi connectivity index (χ1) is 8.19. The van der Waals surface area contributed by atoms with E-state index < -0.39 is 0 Å². The summed E-state index contributed by atoms with van der Waals surface area (Å²) >= 11 is 10.6. The third-order valence-corrected chi connectivity index (χ3v) is 3.70. The molecule has 1 aromatic heterocycles. The zero-order valence-electron chi connectivity index (χ0n) is 8.52. The van der Waals surface area contributed by atoms with Crippen molar-refractivity contribution in [3.8, 4) is 6.07 Å². The lowest BCUT2D eigenvalue weighted by atomic mass is 10.2. The SMILES string of the molecule is N#Cc1ccc(Br)cc1Sc1ccc(Cl)cn1. The molecule has 5 heteroatoms. The summed E-state index contributed by atoms with van der Waals surface area (Å²) in [6, 6.07) is 11.3. The van der Waals surface area contributed by atoms with Crippen LogP contribution >= 0.6 is 39.3 Å². The molecule has 0 aliphatic rings. The van der Waals surface area contributed by atoms with Gasteiger partial charge in [-0.05, 0) is 30.3 Å². The Bertz CT molecular complexity index is 578. The number of rotatable bonds is 2. The lowest BCUT2D eigenvalue weighted by molar-refractivity contribution is 1.13. The first-order valence-corrected chi connectivity index (χ1v) is 6.67. The summed E-state index contributed by atoms with van der Waals surface area (Å²) in [5.41, 5.74) is 0.634. The molecule has 0 N–H and O–H groups in total. The van der Waals surface area contributed by atoms with Gasteiger partial charge < -0.3 is 0 Å². The van der Waals surface area contributed by atoms with E-state index in [0.29, 0.717) is 10.6 Å². The normalized spacial score (nSPS) is 9.94. The van der Waals surface area contributed by atoms with Crippen LogP contribution in [0.4, 0.5) is 0 Å². The van der Waals surface area contributed by atoms with E-state index in [0.717, 1.165) is 14.4 Å². The molecule has 17 heavy (non-hydrogen) atoms. The third-order valence-electron chi connectivity index (χ3n) is 1.98. The summed E-state index contributed by atoms with van der Waals surface area (Å²) in [6.07, 6.45) is 1.59. The lowest BCUT2D eigenvalue weighted by Gasteiger charge is -2.03. The number of hydrogen-bond donors (Lipinski definition) is 0. The summed E-state index contributed by atoms with van der Waals surface area (Å²) in [6.45, 7) is 0. The van der Waals surface area contributed by atoms with Gasteiger partial charge in [0.2, 0.25) is 0 Å². The van der Waals surface area contributed by atoms with Crippen molar-refractivity contribution in [3.05, 3.63) is 51.6 Å². The van der Waals surface area contributed by atoms with E-state index in [2.05, 4.69) is 27.0 Å².